The molecule has 0 amide bonds. The Balaban J connectivity index is 2.11. The number of aromatic nitrogens is 3. The van der Waals surface area contributed by atoms with Crippen molar-refractivity contribution in [2.45, 2.75) is 6.54 Å². The number of thiophene rings is 1. The zero-order chi connectivity index (χ0) is 11.8. The van der Waals surface area contributed by atoms with Gasteiger partial charge in [0, 0.05) is 15.5 Å². The summed E-state index contributed by atoms with van der Waals surface area (Å²) in [5, 5.41) is 2.05. The van der Waals surface area contributed by atoms with E-state index >= 15 is 0 Å². The average molecular weight is 309 g/mol. The minimum atomic E-state index is 0.522. The molecule has 0 spiro atoms. The molecule has 0 saturated heterocycles. The number of halogens is 1. The van der Waals surface area contributed by atoms with Gasteiger partial charge in [0.15, 0.2) is 0 Å². The first-order valence-electron chi connectivity index (χ1n) is 5.03. The Bertz CT molecular complexity index is 673. The predicted octanol–water partition coefficient (Wildman–Crippen LogP) is 2.89. The molecule has 17 heavy (non-hydrogen) atoms. The van der Waals surface area contributed by atoms with Crippen molar-refractivity contribution in [3.8, 4) is 0 Å². The summed E-state index contributed by atoms with van der Waals surface area (Å²) < 4.78 is 3.10. The van der Waals surface area contributed by atoms with E-state index in [1.165, 1.54) is 4.88 Å². The van der Waals surface area contributed by atoms with E-state index in [1.807, 2.05) is 16.7 Å². The Kier molecular flexibility index (Phi) is 2.60. The third kappa shape index (κ3) is 1.83. The lowest BCUT2D eigenvalue weighted by Crippen LogP contribution is -2.03. The Hall–Kier alpha value is -1.40. The Morgan fingerprint density at radius 2 is 2.29 bits per heavy atom. The highest BCUT2D eigenvalue weighted by Crippen LogP contribution is 2.26. The first-order valence-corrected chi connectivity index (χ1v) is 6.70. The van der Waals surface area contributed by atoms with Crippen molar-refractivity contribution in [3.63, 3.8) is 0 Å². The average Bonchev–Trinajstić information content (AvgIpc) is 2.85. The molecule has 3 aromatic heterocycles. The highest BCUT2D eigenvalue weighted by atomic mass is 79.9. The van der Waals surface area contributed by atoms with Gasteiger partial charge in [0.2, 0.25) is 5.95 Å². The summed E-state index contributed by atoms with van der Waals surface area (Å²) in [7, 11) is 0. The van der Waals surface area contributed by atoms with Gasteiger partial charge in [-0.3, -0.25) is 4.98 Å². The molecule has 3 aromatic rings. The summed E-state index contributed by atoms with van der Waals surface area (Å²) in [5.41, 5.74) is 7.78. The largest absolute Gasteiger partial charge is 0.369 e. The normalized spacial score (nSPS) is 11.1. The van der Waals surface area contributed by atoms with Crippen LogP contribution < -0.4 is 5.73 Å². The van der Waals surface area contributed by atoms with E-state index in [1.54, 1.807) is 23.7 Å². The third-order valence-electron chi connectivity index (χ3n) is 2.57. The van der Waals surface area contributed by atoms with Gasteiger partial charge >= 0.3 is 0 Å². The van der Waals surface area contributed by atoms with Crippen LogP contribution in [0.5, 0.6) is 0 Å². The van der Waals surface area contributed by atoms with Gasteiger partial charge < -0.3 is 10.3 Å². The number of fused-ring (bicyclic) bond motifs is 1. The van der Waals surface area contributed by atoms with E-state index in [4.69, 9.17) is 5.73 Å². The Morgan fingerprint density at radius 3 is 3.06 bits per heavy atom. The minimum absolute atomic E-state index is 0.522. The van der Waals surface area contributed by atoms with Crippen LogP contribution in [0, 0.1) is 0 Å². The second-order valence-electron chi connectivity index (χ2n) is 3.61. The number of nitrogens with zero attached hydrogens (tertiary/aromatic N) is 3. The summed E-state index contributed by atoms with van der Waals surface area (Å²) in [6, 6.07) is 3.97. The lowest BCUT2D eigenvalue weighted by atomic mass is 10.4. The van der Waals surface area contributed by atoms with Crippen LogP contribution in [0.3, 0.4) is 0 Å². The van der Waals surface area contributed by atoms with Crippen LogP contribution in [-0.2, 0) is 6.54 Å². The number of hydrogen-bond acceptors (Lipinski definition) is 4. The fraction of sp³-hybridized carbons (Fsp3) is 0.0909. The van der Waals surface area contributed by atoms with Crippen LogP contribution in [0.1, 0.15) is 4.88 Å². The standard InChI is InChI=1S/C11H9BrN4S/c12-7-2-4-17-10(7)6-16-9-1-3-14-5-8(9)15-11(16)13/h1-5H,6H2,(H2,13,15). The molecule has 0 fully saturated rings. The molecule has 6 heteroatoms. The van der Waals surface area contributed by atoms with E-state index in [-0.39, 0.29) is 0 Å². The zero-order valence-electron chi connectivity index (χ0n) is 8.80. The van der Waals surface area contributed by atoms with Gasteiger partial charge in [-0.15, -0.1) is 11.3 Å². The molecule has 0 radical (unpaired) electrons. The van der Waals surface area contributed by atoms with Crippen molar-refractivity contribution in [2.75, 3.05) is 5.73 Å². The molecular formula is C11H9BrN4S. The zero-order valence-corrected chi connectivity index (χ0v) is 11.2. The highest BCUT2D eigenvalue weighted by Gasteiger charge is 2.10. The molecule has 3 heterocycles. The number of anilines is 1. The molecule has 0 aliphatic rings. The summed E-state index contributed by atoms with van der Waals surface area (Å²) in [4.78, 5) is 9.56. The maximum Gasteiger partial charge on any atom is 0.201 e. The van der Waals surface area contributed by atoms with Crippen molar-refractivity contribution in [1.82, 2.24) is 14.5 Å². The number of pyridine rings is 1. The molecule has 4 nitrogen and oxygen atoms in total. The number of imidazole rings is 1. The maximum absolute atomic E-state index is 5.93. The molecular weight excluding hydrogens is 300 g/mol. The topological polar surface area (TPSA) is 56.7 Å². The second-order valence-corrected chi connectivity index (χ2v) is 5.47. The van der Waals surface area contributed by atoms with Gasteiger partial charge in [-0.1, -0.05) is 0 Å². The summed E-state index contributed by atoms with van der Waals surface area (Å²) in [6.07, 6.45) is 3.48. The van der Waals surface area contributed by atoms with Crippen molar-refractivity contribution in [1.29, 1.82) is 0 Å². The van der Waals surface area contributed by atoms with Crippen LogP contribution in [0.2, 0.25) is 0 Å². The van der Waals surface area contributed by atoms with Crippen LogP contribution in [0.25, 0.3) is 11.0 Å². The van der Waals surface area contributed by atoms with Crippen LogP contribution in [-0.4, -0.2) is 14.5 Å². The van der Waals surface area contributed by atoms with E-state index in [0.29, 0.717) is 5.95 Å². The summed E-state index contributed by atoms with van der Waals surface area (Å²) in [6.45, 7) is 0.727. The van der Waals surface area contributed by atoms with E-state index in [2.05, 4.69) is 31.3 Å². The van der Waals surface area contributed by atoms with Gasteiger partial charge in [0.1, 0.15) is 5.52 Å². The van der Waals surface area contributed by atoms with Crippen molar-refractivity contribution in [3.05, 3.63) is 39.3 Å². The van der Waals surface area contributed by atoms with Crippen molar-refractivity contribution < 1.29 is 0 Å². The molecule has 0 unspecified atom stereocenters. The molecule has 2 N–H and O–H groups in total. The van der Waals surface area contributed by atoms with Gasteiger partial charge in [-0.05, 0) is 33.4 Å². The summed E-state index contributed by atoms with van der Waals surface area (Å²) in [5.74, 6) is 0.522. The molecule has 0 aromatic carbocycles. The molecule has 0 aliphatic heterocycles. The Labute approximate surface area is 110 Å². The first-order chi connectivity index (χ1) is 8.25. The second kappa shape index (κ2) is 4.12. The first kappa shape index (κ1) is 10.7. The molecule has 3 rings (SSSR count). The van der Waals surface area contributed by atoms with Gasteiger partial charge in [-0.2, -0.15) is 0 Å². The third-order valence-corrected chi connectivity index (χ3v) is 4.48. The number of nitrogen functional groups attached to an aromatic ring is 1. The number of rotatable bonds is 2. The Morgan fingerprint density at radius 1 is 1.41 bits per heavy atom. The minimum Gasteiger partial charge on any atom is -0.369 e. The lowest BCUT2D eigenvalue weighted by molar-refractivity contribution is 0.849. The SMILES string of the molecule is Nc1nc2cnccc2n1Cc1sccc1Br. The number of nitrogens with two attached hydrogens (primary N) is 1. The fourth-order valence-corrected chi connectivity index (χ4v) is 3.21. The smallest absolute Gasteiger partial charge is 0.201 e. The van der Waals surface area contributed by atoms with Crippen LogP contribution >= 0.6 is 27.3 Å². The molecule has 0 aliphatic carbocycles. The van der Waals surface area contributed by atoms with Gasteiger partial charge in [-0.25, -0.2) is 4.98 Å². The fourth-order valence-electron chi connectivity index (χ4n) is 1.75. The molecule has 0 saturated carbocycles. The molecule has 86 valence electrons. The van der Waals surface area contributed by atoms with Crippen molar-refractivity contribution in [2.24, 2.45) is 0 Å². The highest BCUT2D eigenvalue weighted by molar-refractivity contribution is 9.10. The van der Waals surface area contributed by atoms with E-state index in [9.17, 15) is 0 Å². The van der Waals surface area contributed by atoms with Gasteiger partial charge in [0.25, 0.3) is 0 Å². The summed E-state index contributed by atoms with van der Waals surface area (Å²) >= 11 is 5.22. The van der Waals surface area contributed by atoms with E-state index in [0.717, 1.165) is 22.1 Å². The predicted molar refractivity (Wildman–Crippen MR) is 73.1 cm³/mol. The van der Waals surface area contributed by atoms with Gasteiger partial charge in [0.05, 0.1) is 18.3 Å². The molecule has 0 atom stereocenters. The maximum atomic E-state index is 5.93. The van der Waals surface area contributed by atoms with Crippen molar-refractivity contribution >= 4 is 44.2 Å². The quantitative estimate of drug-likeness (QED) is 0.792. The lowest BCUT2D eigenvalue weighted by Gasteiger charge is -2.04. The van der Waals surface area contributed by atoms with Crippen LogP contribution in [0.4, 0.5) is 5.95 Å². The van der Waals surface area contributed by atoms with E-state index < -0.39 is 0 Å². The monoisotopic (exact) mass is 308 g/mol. The van der Waals surface area contributed by atoms with Crippen LogP contribution in [0.15, 0.2) is 34.4 Å². The molecule has 0 bridgehead atoms. The number of hydrogen-bond donors (Lipinski definition) is 1.